The number of amides is 1. The van der Waals surface area contributed by atoms with Crippen molar-refractivity contribution in [3.63, 3.8) is 0 Å². The smallest absolute Gasteiger partial charge is 0.362 e. The Bertz CT molecular complexity index is 1040. The molecule has 9 nitrogen and oxygen atoms in total. The number of carbonyl (C=O) groups is 2. The summed E-state index contributed by atoms with van der Waals surface area (Å²) in [4.78, 5) is 41.6. The van der Waals surface area contributed by atoms with Crippen molar-refractivity contribution < 1.29 is 14.3 Å². The van der Waals surface area contributed by atoms with Crippen LogP contribution in [-0.4, -0.2) is 37.6 Å². The largest absolute Gasteiger partial charge is 0.461 e. The maximum Gasteiger partial charge on any atom is 0.362 e. The van der Waals surface area contributed by atoms with Crippen LogP contribution in [0.25, 0.3) is 10.2 Å². The van der Waals surface area contributed by atoms with Crippen LogP contribution < -0.4 is 10.9 Å². The molecule has 1 N–H and O–H groups in total. The predicted molar refractivity (Wildman–Crippen MR) is 93.4 cm³/mol. The summed E-state index contributed by atoms with van der Waals surface area (Å²) in [6, 6.07) is 0. The second kappa shape index (κ2) is 6.69. The quantitative estimate of drug-likeness (QED) is 0.684. The number of ether oxygens (including phenoxy) is 1. The normalized spacial score (nSPS) is 10.8. The van der Waals surface area contributed by atoms with Gasteiger partial charge in [-0.2, -0.15) is 0 Å². The summed E-state index contributed by atoms with van der Waals surface area (Å²) in [6.45, 7) is 3.55. The number of aryl methyl sites for hydroxylation is 2. The van der Waals surface area contributed by atoms with E-state index in [4.69, 9.17) is 4.74 Å². The molecule has 1 amide bonds. The average Bonchev–Trinajstić information content (AvgIpc) is 3.16. The molecule has 0 radical (unpaired) electrons. The SMILES string of the molecule is CCOC(=O)c1nnsc1NC(=O)c1sc2ncn(C)c(=O)c2c1C. The van der Waals surface area contributed by atoms with E-state index in [1.165, 1.54) is 10.9 Å². The van der Waals surface area contributed by atoms with Gasteiger partial charge in [0.05, 0.1) is 23.2 Å². The Morgan fingerprint density at radius 2 is 2.16 bits per heavy atom. The number of hydrogen-bond acceptors (Lipinski definition) is 9. The fourth-order valence-electron chi connectivity index (χ4n) is 2.19. The van der Waals surface area contributed by atoms with E-state index in [9.17, 15) is 14.4 Å². The van der Waals surface area contributed by atoms with Gasteiger partial charge in [-0.15, -0.1) is 16.4 Å². The molecule has 0 spiro atoms. The first-order valence-electron chi connectivity index (χ1n) is 7.19. The predicted octanol–water partition coefficient (Wildman–Crippen LogP) is 1.58. The molecule has 3 rings (SSSR count). The zero-order valence-corrected chi connectivity index (χ0v) is 15.2. The molecule has 0 aliphatic rings. The van der Waals surface area contributed by atoms with Gasteiger partial charge in [-0.1, -0.05) is 4.49 Å². The molecule has 0 saturated carbocycles. The monoisotopic (exact) mass is 379 g/mol. The van der Waals surface area contributed by atoms with Gasteiger partial charge in [0.25, 0.3) is 11.5 Å². The third-order valence-corrected chi connectivity index (χ3v) is 5.24. The highest BCUT2D eigenvalue weighted by atomic mass is 32.1. The van der Waals surface area contributed by atoms with Crippen molar-refractivity contribution in [1.82, 2.24) is 19.1 Å². The lowest BCUT2D eigenvalue weighted by molar-refractivity contribution is 0.0520. The Hall–Kier alpha value is -2.66. The molecule has 25 heavy (non-hydrogen) atoms. The molecule has 0 fully saturated rings. The number of anilines is 1. The number of fused-ring (bicyclic) bond motifs is 1. The fraction of sp³-hybridized carbons (Fsp3) is 0.286. The minimum atomic E-state index is -0.657. The summed E-state index contributed by atoms with van der Waals surface area (Å²) < 4.78 is 9.91. The Morgan fingerprint density at radius 3 is 2.88 bits per heavy atom. The number of rotatable bonds is 4. The first-order valence-corrected chi connectivity index (χ1v) is 8.78. The van der Waals surface area contributed by atoms with E-state index in [0.717, 1.165) is 22.9 Å². The molecule has 0 atom stereocenters. The highest BCUT2D eigenvalue weighted by Crippen LogP contribution is 2.28. The van der Waals surface area contributed by atoms with Gasteiger partial charge >= 0.3 is 5.97 Å². The van der Waals surface area contributed by atoms with Crippen molar-refractivity contribution in [2.24, 2.45) is 7.05 Å². The highest BCUT2D eigenvalue weighted by Gasteiger charge is 2.23. The topological polar surface area (TPSA) is 116 Å². The number of aromatic nitrogens is 4. The van der Waals surface area contributed by atoms with E-state index in [-0.39, 0.29) is 22.9 Å². The zero-order valence-electron chi connectivity index (χ0n) is 13.5. The number of esters is 1. The first kappa shape index (κ1) is 17.2. The molecule has 3 aromatic rings. The number of carbonyl (C=O) groups excluding carboxylic acids is 2. The molecule has 130 valence electrons. The van der Waals surface area contributed by atoms with Gasteiger partial charge < -0.3 is 14.6 Å². The number of thiophene rings is 1. The lowest BCUT2D eigenvalue weighted by atomic mass is 10.2. The van der Waals surface area contributed by atoms with Crippen LogP contribution in [0.15, 0.2) is 11.1 Å². The van der Waals surface area contributed by atoms with Crippen LogP contribution in [0.3, 0.4) is 0 Å². The summed E-state index contributed by atoms with van der Waals surface area (Å²) in [7, 11) is 1.60. The van der Waals surface area contributed by atoms with Crippen molar-refractivity contribution in [3.8, 4) is 0 Å². The molecular formula is C14H13N5O4S2. The molecule has 3 heterocycles. The summed E-state index contributed by atoms with van der Waals surface area (Å²) in [5.74, 6) is -1.12. The molecule has 0 saturated heterocycles. The molecule has 0 aromatic carbocycles. The minimum absolute atomic E-state index is 0.0481. The highest BCUT2D eigenvalue weighted by molar-refractivity contribution is 7.20. The third kappa shape index (κ3) is 3.03. The van der Waals surface area contributed by atoms with Gasteiger partial charge in [-0.05, 0) is 19.4 Å². The second-order valence-electron chi connectivity index (χ2n) is 5.02. The molecule has 0 bridgehead atoms. The van der Waals surface area contributed by atoms with Gasteiger partial charge in [-0.25, -0.2) is 9.78 Å². The van der Waals surface area contributed by atoms with Crippen molar-refractivity contribution in [3.05, 3.63) is 32.8 Å². The third-order valence-electron chi connectivity index (χ3n) is 3.40. The van der Waals surface area contributed by atoms with Crippen LogP contribution in [-0.2, 0) is 11.8 Å². The summed E-state index contributed by atoms with van der Waals surface area (Å²) >= 11 is 1.99. The number of hydrogen-bond donors (Lipinski definition) is 1. The van der Waals surface area contributed by atoms with Gasteiger partial charge in [0.15, 0.2) is 5.00 Å². The van der Waals surface area contributed by atoms with E-state index >= 15 is 0 Å². The molecule has 0 unspecified atom stereocenters. The molecule has 0 aliphatic carbocycles. The standard InChI is InChI=1S/C14H13N5O4S2/c1-4-23-14(22)8-12(25-18-17-8)16-10(20)9-6(2)7-11(24-9)15-5-19(3)13(7)21/h5H,4H2,1-3H3,(H,16,20). The maximum absolute atomic E-state index is 12.6. The Balaban J connectivity index is 1.96. The maximum atomic E-state index is 12.6. The zero-order chi connectivity index (χ0) is 18.1. The van der Waals surface area contributed by atoms with Crippen molar-refractivity contribution in [2.75, 3.05) is 11.9 Å². The van der Waals surface area contributed by atoms with E-state index in [2.05, 4.69) is 19.9 Å². The Kier molecular flexibility index (Phi) is 4.59. The lowest BCUT2D eigenvalue weighted by Gasteiger charge is -2.03. The van der Waals surface area contributed by atoms with Gasteiger partial charge in [0.2, 0.25) is 5.69 Å². The Morgan fingerprint density at radius 1 is 1.40 bits per heavy atom. The fourth-order valence-corrected chi connectivity index (χ4v) is 3.78. The number of nitrogens with zero attached hydrogens (tertiary/aromatic N) is 4. The first-order chi connectivity index (χ1) is 11.9. The molecule has 0 aliphatic heterocycles. The van der Waals surface area contributed by atoms with E-state index in [1.807, 2.05) is 0 Å². The second-order valence-corrected chi connectivity index (χ2v) is 6.78. The van der Waals surface area contributed by atoms with Gasteiger partial charge in [0, 0.05) is 18.6 Å². The average molecular weight is 379 g/mol. The number of nitrogens with one attached hydrogen (secondary N) is 1. The lowest BCUT2D eigenvalue weighted by Crippen LogP contribution is -2.17. The van der Waals surface area contributed by atoms with Crippen LogP contribution in [0.1, 0.15) is 32.6 Å². The van der Waals surface area contributed by atoms with Crippen LogP contribution >= 0.6 is 22.9 Å². The van der Waals surface area contributed by atoms with Crippen LogP contribution in [0, 0.1) is 6.92 Å². The minimum Gasteiger partial charge on any atom is -0.461 e. The van der Waals surface area contributed by atoms with Crippen molar-refractivity contribution in [1.29, 1.82) is 0 Å². The van der Waals surface area contributed by atoms with Crippen LogP contribution in [0.2, 0.25) is 0 Å². The molecule has 11 heteroatoms. The summed E-state index contributed by atoms with van der Waals surface area (Å²) in [5, 5.41) is 6.90. The van der Waals surface area contributed by atoms with Crippen LogP contribution in [0.4, 0.5) is 5.00 Å². The summed E-state index contributed by atoms with van der Waals surface area (Å²) in [6.07, 6.45) is 1.41. The molecular weight excluding hydrogens is 366 g/mol. The van der Waals surface area contributed by atoms with Gasteiger partial charge in [-0.3, -0.25) is 9.59 Å². The van der Waals surface area contributed by atoms with E-state index < -0.39 is 11.9 Å². The van der Waals surface area contributed by atoms with Crippen LogP contribution in [0.5, 0.6) is 0 Å². The van der Waals surface area contributed by atoms with Crippen molar-refractivity contribution in [2.45, 2.75) is 13.8 Å². The Labute approximate surface area is 149 Å². The van der Waals surface area contributed by atoms with Gasteiger partial charge in [0.1, 0.15) is 4.83 Å². The van der Waals surface area contributed by atoms with Crippen molar-refractivity contribution >= 4 is 50.0 Å². The molecule has 3 aromatic heterocycles. The summed E-state index contributed by atoms with van der Waals surface area (Å²) in [5.41, 5.74) is 0.277. The van der Waals surface area contributed by atoms with E-state index in [0.29, 0.717) is 20.7 Å². The van der Waals surface area contributed by atoms with E-state index in [1.54, 1.807) is 20.9 Å².